The quantitative estimate of drug-likeness (QED) is 0.735. The Bertz CT molecular complexity index is 413. The van der Waals surface area contributed by atoms with E-state index in [1.54, 1.807) is 25.1 Å². The van der Waals surface area contributed by atoms with Gasteiger partial charge in [0.2, 0.25) is 0 Å². The first-order valence-electron chi connectivity index (χ1n) is 4.21. The summed E-state index contributed by atoms with van der Waals surface area (Å²) in [5.41, 5.74) is 0.788. The van der Waals surface area contributed by atoms with Crippen LogP contribution in [0.1, 0.15) is 5.82 Å². The van der Waals surface area contributed by atoms with Gasteiger partial charge < -0.3 is 5.11 Å². The van der Waals surface area contributed by atoms with Gasteiger partial charge in [-0.3, -0.25) is 0 Å². The average Bonchev–Trinajstić information content (AvgIpc) is 2.18. The van der Waals surface area contributed by atoms with Crippen molar-refractivity contribution in [3.8, 4) is 17.1 Å². The molecule has 2 rings (SSSR count). The summed E-state index contributed by atoms with van der Waals surface area (Å²) in [7, 11) is 0. The maximum Gasteiger partial charge on any atom is 0.163 e. The van der Waals surface area contributed by atoms with Crippen molar-refractivity contribution < 1.29 is 5.11 Å². The highest BCUT2D eigenvalue weighted by Crippen LogP contribution is 2.18. The summed E-state index contributed by atoms with van der Waals surface area (Å²) in [6.45, 7) is 1.80. The normalized spacial score (nSPS) is 10.1. The molecule has 14 heavy (non-hydrogen) atoms. The highest BCUT2D eigenvalue weighted by atomic mass is 16.3. The van der Waals surface area contributed by atoms with Gasteiger partial charge in [0, 0.05) is 5.56 Å². The van der Waals surface area contributed by atoms with Gasteiger partial charge in [-0.15, -0.1) is 0 Å². The molecule has 1 aromatic carbocycles. The predicted octanol–water partition coefficient (Wildman–Crippen LogP) is 1.55. The standard InChI is InChI=1S/C10H9N3O/c1-7-11-6-12-10(13-7)8-3-2-4-9(14)5-8/h2-6,14H,1H3. The second-order valence-corrected chi connectivity index (χ2v) is 2.91. The fourth-order valence-electron chi connectivity index (χ4n) is 1.16. The minimum absolute atomic E-state index is 0.209. The van der Waals surface area contributed by atoms with E-state index < -0.39 is 0 Å². The van der Waals surface area contributed by atoms with Gasteiger partial charge in [0.05, 0.1) is 0 Å². The van der Waals surface area contributed by atoms with E-state index in [0.29, 0.717) is 11.6 Å². The van der Waals surface area contributed by atoms with Crippen LogP contribution in [0, 0.1) is 6.92 Å². The van der Waals surface area contributed by atoms with Crippen LogP contribution in [-0.4, -0.2) is 20.1 Å². The molecule has 0 bridgehead atoms. The Labute approximate surface area is 81.3 Å². The van der Waals surface area contributed by atoms with Crippen molar-refractivity contribution in [2.45, 2.75) is 6.92 Å². The van der Waals surface area contributed by atoms with E-state index in [9.17, 15) is 5.11 Å². The fraction of sp³-hybridized carbons (Fsp3) is 0.100. The van der Waals surface area contributed by atoms with Gasteiger partial charge in [0.15, 0.2) is 5.82 Å². The highest BCUT2D eigenvalue weighted by Gasteiger charge is 2.01. The van der Waals surface area contributed by atoms with E-state index >= 15 is 0 Å². The van der Waals surface area contributed by atoms with Gasteiger partial charge in [0.1, 0.15) is 17.9 Å². The van der Waals surface area contributed by atoms with Crippen LogP contribution in [-0.2, 0) is 0 Å². The van der Waals surface area contributed by atoms with Crippen LogP contribution >= 0.6 is 0 Å². The molecule has 1 heterocycles. The van der Waals surface area contributed by atoms with E-state index in [1.165, 1.54) is 6.33 Å². The van der Waals surface area contributed by atoms with Crippen LogP contribution in [0.3, 0.4) is 0 Å². The number of phenolic OH excluding ortho intramolecular Hbond substituents is 1. The summed E-state index contributed by atoms with van der Waals surface area (Å²) in [5.74, 6) is 1.45. The Morgan fingerprint density at radius 3 is 2.79 bits per heavy atom. The van der Waals surface area contributed by atoms with Crippen LogP contribution in [0.5, 0.6) is 5.75 Å². The van der Waals surface area contributed by atoms with Gasteiger partial charge in [-0.05, 0) is 19.1 Å². The topological polar surface area (TPSA) is 58.9 Å². The van der Waals surface area contributed by atoms with Crippen molar-refractivity contribution in [3.63, 3.8) is 0 Å². The zero-order chi connectivity index (χ0) is 9.97. The van der Waals surface area contributed by atoms with Gasteiger partial charge in [-0.1, -0.05) is 12.1 Å². The number of hydrogen-bond donors (Lipinski definition) is 1. The maximum atomic E-state index is 9.27. The molecular formula is C10H9N3O. The van der Waals surface area contributed by atoms with E-state index in [-0.39, 0.29) is 5.75 Å². The number of hydrogen-bond acceptors (Lipinski definition) is 4. The number of aromatic nitrogens is 3. The van der Waals surface area contributed by atoms with Crippen LogP contribution in [0.4, 0.5) is 0 Å². The zero-order valence-electron chi connectivity index (χ0n) is 7.68. The first-order valence-corrected chi connectivity index (χ1v) is 4.21. The summed E-state index contributed by atoms with van der Waals surface area (Å²) >= 11 is 0. The molecule has 0 aliphatic carbocycles. The van der Waals surface area contributed by atoms with Crippen LogP contribution in [0.15, 0.2) is 30.6 Å². The summed E-state index contributed by atoms with van der Waals surface area (Å²) in [6, 6.07) is 6.82. The number of phenols is 1. The molecule has 0 aliphatic heterocycles. The first-order chi connectivity index (χ1) is 6.75. The molecule has 1 N–H and O–H groups in total. The number of benzene rings is 1. The van der Waals surface area contributed by atoms with Crippen molar-refractivity contribution >= 4 is 0 Å². The van der Waals surface area contributed by atoms with Gasteiger partial charge in [-0.25, -0.2) is 15.0 Å². The molecular weight excluding hydrogens is 178 g/mol. The van der Waals surface area contributed by atoms with Crippen LogP contribution in [0.25, 0.3) is 11.4 Å². The molecule has 0 radical (unpaired) electrons. The molecule has 1 aromatic heterocycles. The number of nitrogens with zero attached hydrogens (tertiary/aromatic N) is 3. The lowest BCUT2D eigenvalue weighted by Crippen LogP contribution is -1.93. The number of aryl methyl sites for hydroxylation is 1. The molecule has 0 saturated carbocycles. The Morgan fingerprint density at radius 1 is 1.21 bits per heavy atom. The third-order valence-electron chi connectivity index (χ3n) is 1.80. The summed E-state index contributed by atoms with van der Waals surface area (Å²) in [4.78, 5) is 12.1. The summed E-state index contributed by atoms with van der Waals surface area (Å²) in [5, 5.41) is 9.27. The lowest BCUT2D eigenvalue weighted by Gasteiger charge is -2.00. The molecule has 0 atom stereocenters. The van der Waals surface area contributed by atoms with E-state index in [0.717, 1.165) is 5.56 Å². The molecule has 2 aromatic rings. The predicted molar refractivity (Wildman–Crippen MR) is 51.7 cm³/mol. The Kier molecular flexibility index (Phi) is 2.10. The molecule has 0 amide bonds. The molecule has 0 saturated heterocycles. The maximum absolute atomic E-state index is 9.27. The Balaban J connectivity index is 2.49. The van der Waals surface area contributed by atoms with E-state index in [1.807, 2.05) is 6.07 Å². The second-order valence-electron chi connectivity index (χ2n) is 2.91. The Hall–Kier alpha value is -1.97. The number of aromatic hydroxyl groups is 1. The number of rotatable bonds is 1. The second kappa shape index (κ2) is 3.41. The monoisotopic (exact) mass is 187 g/mol. The minimum Gasteiger partial charge on any atom is -0.508 e. The third kappa shape index (κ3) is 1.69. The van der Waals surface area contributed by atoms with Gasteiger partial charge >= 0.3 is 0 Å². The smallest absolute Gasteiger partial charge is 0.163 e. The first kappa shape index (κ1) is 8.62. The molecule has 4 nitrogen and oxygen atoms in total. The molecule has 0 fully saturated rings. The zero-order valence-corrected chi connectivity index (χ0v) is 7.68. The lowest BCUT2D eigenvalue weighted by molar-refractivity contribution is 0.475. The molecule has 4 heteroatoms. The van der Waals surface area contributed by atoms with E-state index in [2.05, 4.69) is 15.0 Å². The largest absolute Gasteiger partial charge is 0.508 e. The van der Waals surface area contributed by atoms with Crippen molar-refractivity contribution in [2.24, 2.45) is 0 Å². The SMILES string of the molecule is Cc1ncnc(-c2cccc(O)c2)n1. The lowest BCUT2D eigenvalue weighted by atomic mass is 10.2. The van der Waals surface area contributed by atoms with Crippen molar-refractivity contribution in [3.05, 3.63) is 36.4 Å². The van der Waals surface area contributed by atoms with Crippen molar-refractivity contribution in [1.29, 1.82) is 0 Å². The molecule has 70 valence electrons. The van der Waals surface area contributed by atoms with Crippen molar-refractivity contribution in [1.82, 2.24) is 15.0 Å². The summed E-state index contributed by atoms with van der Waals surface area (Å²) in [6.07, 6.45) is 1.46. The average molecular weight is 187 g/mol. The van der Waals surface area contributed by atoms with Gasteiger partial charge in [0.25, 0.3) is 0 Å². The molecule has 0 spiro atoms. The third-order valence-corrected chi connectivity index (χ3v) is 1.80. The Morgan fingerprint density at radius 2 is 2.07 bits per heavy atom. The highest BCUT2D eigenvalue weighted by molar-refractivity contribution is 5.56. The van der Waals surface area contributed by atoms with E-state index in [4.69, 9.17) is 0 Å². The van der Waals surface area contributed by atoms with Crippen LogP contribution in [0.2, 0.25) is 0 Å². The molecule has 0 unspecified atom stereocenters. The summed E-state index contributed by atoms with van der Waals surface area (Å²) < 4.78 is 0. The van der Waals surface area contributed by atoms with Gasteiger partial charge in [-0.2, -0.15) is 0 Å². The molecule has 0 aliphatic rings. The van der Waals surface area contributed by atoms with Crippen LogP contribution < -0.4 is 0 Å². The van der Waals surface area contributed by atoms with Crippen molar-refractivity contribution in [2.75, 3.05) is 0 Å². The minimum atomic E-state index is 0.209. The fourth-order valence-corrected chi connectivity index (χ4v) is 1.16.